The third kappa shape index (κ3) is 2.05. The zero-order chi connectivity index (χ0) is 16.9. The highest BCUT2D eigenvalue weighted by molar-refractivity contribution is 6.10. The molecule has 1 aliphatic heterocycles. The Labute approximate surface area is 146 Å². The highest BCUT2D eigenvalue weighted by Gasteiger charge is 2.69. The standard InChI is InChI=1S/C20H19N3O2/c24-19(22-16-6-2-1-3-7-16)20-15-9-8-13(11-15)17(20)18(23-25-20)14-5-4-10-21-12-14/h1-7,10,12-13,15,17H,8-9,11H2,(H,22,24). The van der Waals surface area contributed by atoms with Crippen LogP contribution in [0.15, 0.2) is 60.0 Å². The molecule has 126 valence electrons. The van der Waals surface area contributed by atoms with Gasteiger partial charge in [0, 0.05) is 29.6 Å². The van der Waals surface area contributed by atoms with Gasteiger partial charge in [0.25, 0.3) is 5.91 Å². The number of rotatable bonds is 3. The Morgan fingerprint density at radius 3 is 2.84 bits per heavy atom. The molecule has 2 aromatic rings. The van der Waals surface area contributed by atoms with Crippen molar-refractivity contribution in [2.45, 2.75) is 24.9 Å². The number of amides is 1. The lowest BCUT2D eigenvalue weighted by atomic mass is 9.72. The number of anilines is 1. The number of hydrogen-bond acceptors (Lipinski definition) is 4. The van der Waals surface area contributed by atoms with Gasteiger partial charge in [-0.3, -0.25) is 9.78 Å². The van der Waals surface area contributed by atoms with Crippen LogP contribution in [0, 0.1) is 17.8 Å². The molecule has 0 saturated heterocycles. The first kappa shape index (κ1) is 14.6. The zero-order valence-electron chi connectivity index (χ0n) is 13.8. The van der Waals surface area contributed by atoms with Crippen LogP contribution in [-0.2, 0) is 9.63 Å². The van der Waals surface area contributed by atoms with E-state index in [0.29, 0.717) is 5.92 Å². The first-order valence-electron chi connectivity index (χ1n) is 8.82. The van der Waals surface area contributed by atoms with Gasteiger partial charge in [-0.15, -0.1) is 0 Å². The van der Waals surface area contributed by atoms with Crippen LogP contribution in [0.2, 0.25) is 0 Å². The summed E-state index contributed by atoms with van der Waals surface area (Å²) in [5, 5.41) is 7.43. The molecule has 4 unspecified atom stereocenters. The van der Waals surface area contributed by atoms with Gasteiger partial charge in [-0.1, -0.05) is 23.4 Å². The lowest BCUT2D eigenvalue weighted by molar-refractivity contribution is -0.149. The lowest BCUT2D eigenvalue weighted by Gasteiger charge is -2.35. The van der Waals surface area contributed by atoms with E-state index in [-0.39, 0.29) is 17.7 Å². The summed E-state index contributed by atoms with van der Waals surface area (Å²) in [4.78, 5) is 23.4. The van der Waals surface area contributed by atoms with E-state index in [1.807, 2.05) is 42.5 Å². The first-order chi connectivity index (χ1) is 12.3. The van der Waals surface area contributed by atoms with Gasteiger partial charge >= 0.3 is 0 Å². The van der Waals surface area contributed by atoms with Crippen LogP contribution in [0.4, 0.5) is 5.69 Å². The highest BCUT2D eigenvalue weighted by Crippen LogP contribution is 2.60. The Kier molecular flexibility index (Phi) is 3.17. The molecule has 2 heterocycles. The Hall–Kier alpha value is -2.69. The van der Waals surface area contributed by atoms with Crippen molar-refractivity contribution < 1.29 is 9.63 Å². The number of nitrogens with one attached hydrogen (secondary N) is 1. The van der Waals surface area contributed by atoms with E-state index in [4.69, 9.17) is 4.84 Å². The summed E-state index contributed by atoms with van der Waals surface area (Å²) in [5.74, 6) is 0.620. The number of oxime groups is 1. The molecule has 0 radical (unpaired) electrons. The summed E-state index contributed by atoms with van der Waals surface area (Å²) >= 11 is 0. The van der Waals surface area contributed by atoms with Gasteiger partial charge in [-0.25, -0.2) is 0 Å². The molecule has 0 spiro atoms. The number of aromatic nitrogens is 1. The molecule has 5 heteroatoms. The van der Waals surface area contributed by atoms with Crippen LogP contribution in [0.3, 0.4) is 0 Å². The van der Waals surface area contributed by atoms with Crippen LogP contribution in [0.5, 0.6) is 0 Å². The average molecular weight is 333 g/mol. The number of carbonyl (C=O) groups is 1. The van der Waals surface area contributed by atoms with Gasteiger partial charge in [0.05, 0.1) is 11.6 Å². The number of hydrogen-bond donors (Lipinski definition) is 1. The number of carbonyl (C=O) groups excluding carboxylic acids is 1. The molecule has 2 saturated carbocycles. The molecule has 1 amide bonds. The molecule has 3 aliphatic rings. The van der Waals surface area contributed by atoms with Crippen molar-refractivity contribution in [3.8, 4) is 0 Å². The van der Waals surface area contributed by atoms with Crippen molar-refractivity contribution in [1.82, 2.24) is 4.98 Å². The number of para-hydroxylation sites is 1. The number of nitrogens with zero attached hydrogens (tertiary/aromatic N) is 2. The Balaban J connectivity index is 1.51. The smallest absolute Gasteiger partial charge is 0.272 e. The minimum absolute atomic E-state index is 0.0131. The van der Waals surface area contributed by atoms with Crippen LogP contribution >= 0.6 is 0 Å². The molecular weight excluding hydrogens is 314 g/mol. The predicted molar refractivity (Wildman–Crippen MR) is 94.0 cm³/mol. The normalized spacial score (nSPS) is 32.0. The third-order valence-electron chi connectivity index (χ3n) is 5.95. The van der Waals surface area contributed by atoms with Gasteiger partial charge < -0.3 is 10.2 Å². The Morgan fingerprint density at radius 1 is 1.16 bits per heavy atom. The second kappa shape index (κ2) is 5.41. The molecule has 4 atom stereocenters. The maximum Gasteiger partial charge on any atom is 0.272 e. The van der Waals surface area contributed by atoms with Crippen LogP contribution in [0.1, 0.15) is 24.8 Å². The van der Waals surface area contributed by atoms with Crippen molar-refractivity contribution in [3.05, 3.63) is 60.4 Å². The van der Waals surface area contributed by atoms with E-state index in [9.17, 15) is 4.79 Å². The van der Waals surface area contributed by atoms with Crippen molar-refractivity contribution in [2.24, 2.45) is 22.9 Å². The topological polar surface area (TPSA) is 63.6 Å². The van der Waals surface area contributed by atoms with E-state index in [1.54, 1.807) is 12.4 Å². The van der Waals surface area contributed by atoms with Gasteiger partial charge in [0.1, 0.15) is 0 Å². The minimum atomic E-state index is -0.871. The van der Waals surface area contributed by atoms with Gasteiger partial charge in [0.2, 0.25) is 5.60 Å². The fourth-order valence-corrected chi connectivity index (χ4v) is 4.92. The summed E-state index contributed by atoms with van der Waals surface area (Å²) < 4.78 is 0. The fourth-order valence-electron chi connectivity index (χ4n) is 4.92. The molecule has 2 fully saturated rings. The molecule has 1 aromatic heterocycles. The van der Waals surface area contributed by atoms with Crippen LogP contribution in [0.25, 0.3) is 0 Å². The van der Waals surface area contributed by atoms with Crippen molar-refractivity contribution in [3.63, 3.8) is 0 Å². The predicted octanol–water partition coefficient (Wildman–Crippen LogP) is 3.24. The molecule has 5 rings (SSSR count). The van der Waals surface area contributed by atoms with E-state index in [2.05, 4.69) is 15.5 Å². The minimum Gasteiger partial charge on any atom is -0.378 e. The monoisotopic (exact) mass is 333 g/mol. The SMILES string of the molecule is O=C(Nc1ccccc1)C12ON=C(c3cccnc3)C1C1CCC2C1. The van der Waals surface area contributed by atoms with Crippen LogP contribution in [-0.4, -0.2) is 22.2 Å². The Morgan fingerprint density at radius 2 is 2.04 bits per heavy atom. The van der Waals surface area contributed by atoms with E-state index >= 15 is 0 Å². The van der Waals surface area contributed by atoms with Crippen molar-refractivity contribution in [2.75, 3.05) is 5.32 Å². The molecular formula is C20H19N3O2. The summed E-state index contributed by atoms with van der Waals surface area (Å²) in [6, 6.07) is 13.5. The molecule has 5 nitrogen and oxygen atoms in total. The quantitative estimate of drug-likeness (QED) is 0.938. The zero-order valence-corrected chi connectivity index (χ0v) is 13.8. The summed E-state index contributed by atoms with van der Waals surface area (Å²) in [6.07, 6.45) is 6.75. The lowest BCUT2D eigenvalue weighted by Crippen LogP contribution is -2.53. The Bertz CT molecular complexity index is 837. The molecule has 1 aromatic carbocycles. The molecule has 1 N–H and O–H groups in total. The molecule has 2 bridgehead atoms. The number of benzene rings is 1. The van der Waals surface area contributed by atoms with Crippen LogP contribution < -0.4 is 5.32 Å². The second-order valence-electron chi connectivity index (χ2n) is 7.17. The summed E-state index contributed by atoms with van der Waals surface area (Å²) in [6.45, 7) is 0. The maximum atomic E-state index is 13.3. The molecule has 25 heavy (non-hydrogen) atoms. The second-order valence-corrected chi connectivity index (χ2v) is 7.17. The van der Waals surface area contributed by atoms with E-state index < -0.39 is 5.60 Å². The summed E-state index contributed by atoms with van der Waals surface area (Å²) in [5.41, 5.74) is 1.75. The largest absolute Gasteiger partial charge is 0.378 e. The van der Waals surface area contributed by atoms with Gasteiger partial charge in [0.15, 0.2) is 0 Å². The van der Waals surface area contributed by atoms with Gasteiger partial charge in [-0.05, 0) is 49.4 Å². The highest BCUT2D eigenvalue weighted by atomic mass is 16.7. The van der Waals surface area contributed by atoms with Crippen molar-refractivity contribution >= 4 is 17.3 Å². The van der Waals surface area contributed by atoms with E-state index in [0.717, 1.165) is 36.2 Å². The number of pyridine rings is 1. The van der Waals surface area contributed by atoms with Gasteiger partial charge in [-0.2, -0.15) is 0 Å². The first-order valence-corrected chi connectivity index (χ1v) is 8.82. The maximum absolute atomic E-state index is 13.3. The molecule has 2 aliphatic carbocycles. The average Bonchev–Trinajstić information content (AvgIpc) is 3.35. The van der Waals surface area contributed by atoms with E-state index in [1.165, 1.54) is 0 Å². The fraction of sp³-hybridized carbons (Fsp3) is 0.350. The number of fused-ring (bicyclic) bond motifs is 5. The third-order valence-corrected chi connectivity index (χ3v) is 5.95. The van der Waals surface area contributed by atoms with Crippen molar-refractivity contribution in [1.29, 1.82) is 0 Å². The summed E-state index contributed by atoms with van der Waals surface area (Å²) in [7, 11) is 0.